The van der Waals surface area contributed by atoms with Crippen molar-refractivity contribution in [2.75, 3.05) is 6.54 Å². The lowest BCUT2D eigenvalue weighted by Crippen LogP contribution is -2.25. The Morgan fingerprint density at radius 1 is 1.47 bits per heavy atom. The van der Waals surface area contributed by atoms with Crippen molar-refractivity contribution in [1.29, 1.82) is 0 Å². The summed E-state index contributed by atoms with van der Waals surface area (Å²) in [6, 6.07) is 5.48. The average molecular weight is 333 g/mol. The van der Waals surface area contributed by atoms with Crippen molar-refractivity contribution in [1.82, 2.24) is 5.32 Å². The van der Waals surface area contributed by atoms with E-state index in [1.54, 1.807) is 6.07 Å². The molecule has 0 saturated heterocycles. The summed E-state index contributed by atoms with van der Waals surface area (Å²) in [5.74, 6) is -0.105. The van der Waals surface area contributed by atoms with E-state index in [4.69, 9.17) is 0 Å². The van der Waals surface area contributed by atoms with Crippen LogP contribution in [0.5, 0.6) is 0 Å². The van der Waals surface area contributed by atoms with Crippen LogP contribution in [0.2, 0.25) is 0 Å². The highest BCUT2D eigenvalue weighted by molar-refractivity contribution is 9.11. The molecule has 0 atom stereocenters. The van der Waals surface area contributed by atoms with Crippen molar-refractivity contribution < 1.29 is 4.79 Å². The van der Waals surface area contributed by atoms with Crippen molar-refractivity contribution >= 4 is 37.8 Å². The second-order valence-electron chi connectivity index (χ2n) is 3.26. The summed E-state index contributed by atoms with van der Waals surface area (Å²) in [6.45, 7) is 6.09. The molecule has 1 aromatic carbocycles. The Kier molecular flexibility index (Phi) is 4.54. The smallest absolute Gasteiger partial charge is 0.252 e. The van der Waals surface area contributed by atoms with Crippen LogP contribution in [0.4, 0.5) is 0 Å². The molecular weight excluding hydrogens is 322 g/mol. The normalized spacial score (nSPS) is 9.80. The van der Waals surface area contributed by atoms with E-state index in [0.717, 1.165) is 14.5 Å². The van der Waals surface area contributed by atoms with Crippen LogP contribution in [0.1, 0.15) is 17.3 Å². The van der Waals surface area contributed by atoms with Crippen molar-refractivity contribution in [2.24, 2.45) is 0 Å². The quantitative estimate of drug-likeness (QED) is 0.843. The molecule has 15 heavy (non-hydrogen) atoms. The van der Waals surface area contributed by atoms with Gasteiger partial charge in [0.15, 0.2) is 0 Å². The number of hydrogen-bond acceptors (Lipinski definition) is 1. The average Bonchev–Trinajstić information content (AvgIpc) is 2.18. The highest BCUT2D eigenvalue weighted by Crippen LogP contribution is 2.21. The first-order valence-electron chi connectivity index (χ1n) is 4.38. The number of carbonyl (C=O) groups excluding carboxylic acids is 1. The zero-order valence-electron chi connectivity index (χ0n) is 8.31. The Bertz CT molecular complexity index is 402. The SMILES string of the molecule is C=C(C)CNC(=O)c1cc(Br)ccc1Br. The molecule has 0 bridgehead atoms. The van der Waals surface area contributed by atoms with Gasteiger partial charge >= 0.3 is 0 Å². The molecule has 1 aromatic rings. The third kappa shape index (κ3) is 3.80. The molecule has 4 heteroatoms. The van der Waals surface area contributed by atoms with E-state index >= 15 is 0 Å². The maximum Gasteiger partial charge on any atom is 0.252 e. The molecule has 0 heterocycles. The summed E-state index contributed by atoms with van der Waals surface area (Å²) >= 11 is 6.66. The molecule has 0 spiro atoms. The minimum absolute atomic E-state index is 0.105. The summed E-state index contributed by atoms with van der Waals surface area (Å²) < 4.78 is 1.66. The van der Waals surface area contributed by atoms with Gasteiger partial charge in [0.05, 0.1) is 5.56 Å². The fourth-order valence-electron chi connectivity index (χ4n) is 0.998. The zero-order chi connectivity index (χ0) is 11.4. The molecule has 1 N–H and O–H groups in total. The third-order valence-electron chi connectivity index (χ3n) is 1.72. The molecule has 80 valence electrons. The molecule has 0 aliphatic carbocycles. The number of hydrogen-bond donors (Lipinski definition) is 1. The molecule has 1 amide bonds. The van der Waals surface area contributed by atoms with Gasteiger partial charge in [0.1, 0.15) is 0 Å². The van der Waals surface area contributed by atoms with Gasteiger partial charge in [-0.05, 0) is 41.1 Å². The first-order valence-corrected chi connectivity index (χ1v) is 5.97. The monoisotopic (exact) mass is 331 g/mol. The van der Waals surface area contributed by atoms with Gasteiger partial charge in [-0.3, -0.25) is 4.79 Å². The van der Waals surface area contributed by atoms with Gasteiger partial charge in [0.25, 0.3) is 5.91 Å². The van der Waals surface area contributed by atoms with Gasteiger partial charge in [-0.1, -0.05) is 28.1 Å². The molecule has 0 saturated carbocycles. The van der Waals surface area contributed by atoms with Gasteiger partial charge < -0.3 is 5.32 Å². The highest BCUT2D eigenvalue weighted by Gasteiger charge is 2.09. The molecule has 2 nitrogen and oxygen atoms in total. The largest absolute Gasteiger partial charge is 0.348 e. The van der Waals surface area contributed by atoms with E-state index in [2.05, 4.69) is 43.8 Å². The van der Waals surface area contributed by atoms with E-state index in [1.165, 1.54) is 0 Å². The lowest BCUT2D eigenvalue weighted by atomic mass is 10.2. The molecule has 0 aliphatic rings. The van der Waals surface area contributed by atoms with Gasteiger partial charge in [-0.25, -0.2) is 0 Å². The summed E-state index contributed by atoms with van der Waals surface area (Å²) in [7, 11) is 0. The Hall–Kier alpha value is -0.610. The fraction of sp³-hybridized carbons (Fsp3) is 0.182. The summed E-state index contributed by atoms with van der Waals surface area (Å²) in [5.41, 5.74) is 1.54. The van der Waals surface area contributed by atoms with Crippen LogP contribution >= 0.6 is 31.9 Å². The first kappa shape index (κ1) is 12.5. The molecule has 0 unspecified atom stereocenters. The summed E-state index contributed by atoms with van der Waals surface area (Å²) in [4.78, 5) is 11.7. The molecular formula is C11H11Br2NO. The van der Waals surface area contributed by atoms with Crippen molar-refractivity contribution in [3.8, 4) is 0 Å². The van der Waals surface area contributed by atoms with Gasteiger partial charge in [-0.2, -0.15) is 0 Å². The van der Waals surface area contributed by atoms with Gasteiger partial charge in [0, 0.05) is 15.5 Å². The van der Waals surface area contributed by atoms with Gasteiger partial charge in [-0.15, -0.1) is 0 Å². The molecule has 0 aliphatic heterocycles. The van der Waals surface area contributed by atoms with Crippen LogP contribution < -0.4 is 5.32 Å². The maximum absolute atomic E-state index is 11.7. The zero-order valence-corrected chi connectivity index (χ0v) is 11.5. The minimum Gasteiger partial charge on any atom is -0.348 e. The molecule has 1 rings (SSSR count). The second-order valence-corrected chi connectivity index (χ2v) is 5.03. The van der Waals surface area contributed by atoms with E-state index in [1.807, 2.05) is 19.1 Å². The number of amides is 1. The molecule has 0 fully saturated rings. The van der Waals surface area contributed by atoms with Crippen molar-refractivity contribution in [2.45, 2.75) is 6.92 Å². The van der Waals surface area contributed by atoms with Crippen LogP contribution in [0.15, 0.2) is 39.3 Å². The Morgan fingerprint density at radius 2 is 2.13 bits per heavy atom. The predicted octanol–water partition coefficient (Wildman–Crippen LogP) is 3.52. The van der Waals surface area contributed by atoms with Crippen molar-refractivity contribution in [3.63, 3.8) is 0 Å². The van der Waals surface area contributed by atoms with Gasteiger partial charge in [0.2, 0.25) is 0 Å². The standard InChI is InChI=1S/C11H11Br2NO/c1-7(2)6-14-11(15)9-5-8(12)3-4-10(9)13/h3-5H,1,6H2,2H3,(H,14,15). The van der Waals surface area contributed by atoms with Crippen LogP contribution in [-0.2, 0) is 0 Å². The number of rotatable bonds is 3. The Labute approximate surface area is 106 Å². The summed E-state index contributed by atoms with van der Waals surface area (Å²) in [5, 5.41) is 2.78. The maximum atomic E-state index is 11.7. The number of benzene rings is 1. The third-order valence-corrected chi connectivity index (χ3v) is 2.91. The Balaban J connectivity index is 2.81. The topological polar surface area (TPSA) is 29.1 Å². The molecule has 0 radical (unpaired) electrons. The van der Waals surface area contributed by atoms with Crippen LogP contribution in [0.25, 0.3) is 0 Å². The van der Waals surface area contributed by atoms with Crippen molar-refractivity contribution in [3.05, 3.63) is 44.9 Å². The second kappa shape index (κ2) is 5.47. The van der Waals surface area contributed by atoms with E-state index in [9.17, 15) is 4.79 Å². The number of halogens is 2. The number of nitrogens with one attached hydrogen (secondary N) is 1. The highest BCUT2D eigenvalue weighted by atomic mass is 79.9. The number of carbonyl (C=O) groups is 1. The Morgan fingerprint density at radius 3 is 2.73 bits per heavy atom. The lowest BCUT2D eigenvalue weighted by Gasteiger charge is -2.06. The molecule has 0 aromatic heterocycles. The fourth-order valence-corrected chi connectivity index (χ4v) is 1.79. The minimum atomic E-state index is -0.105. The van der Waals surface area contributed by atoms with Crippen LogP contribution in [-0.4, -0.2) is 12.5 Å². The van der Waals surface area contributed by atoms with Crippen LogP contribution in [0.3, 0.4) is 0 Å². The van der Waals surface area contributed by atoms with E-state index in [-0.39, 0.29) is 5.91 Å². The first-order chi connectivity index (χ1) is 7.00. The van der Waals surface area contributed by atoms with E-state index < -0.39 is 0 Å². The summed E-state index contributed by atoms with van der Waals surface area (Å²) in [6.07, 6.45) is 0. The van der Waals surface area contributed by atoms with E-state index in [0.29, 0.717) is 12.1 Å². The predicted molar refractivity (Wildman–Crippen MR) is 69.0 cm³/mol. The van der Waals surface area contributed by atoms with Crippen LogP contribution in [0, 0.1) is 0 Å². The lowest BCUT2D eigenvalue weighted by molar-refractivity contribution is 0.0956.